The first-order valence-corrected chi connectivity index (χ1v) is 5.88. The first kappa shape index (κ1) is 11.7. The molecule has 88 valence electrons. The predicted molar refractivity (Wildman–Crippen MR) is 68.7 cm³/mol. The van der Waals surface area contributed by atoms with Crippen LogP contribution in [-0.4, -0.2) is 16.7 Å². The summed E-state index contributed by atoms with van der Waals surface area (Å²) in [6, 6.07) is 10.7. The fourth-order valence-electron chi connectivity index (χ4n) is 1.95. The minimum Gasteiger partial charge on any atom is -0.306 e. The zero-order chi connectivity index (χ0) is 12.1. The topological polar surface area (TPSA) is 37.8 Å². The Morgan fingerprint density at radius 2 is 2.06 bits per heavy atom. The van der Waals surface area contributed by atoms with E-state index in [1.807, 2.05) is 12.3 Å². The van der Waals surface area contributed by atoms with Crippen molar-refractivity contribution in [2.75, 3.05) is 6.54 Å². The number of rotatable bonds is 4. The van der Waals surface area contributed by atoms with Gasteiger partial charge in [0.05, 0.1) is 12.2 Å². The van der Waals surface area contributed by atoms with Crippen LogP contribution in [0.3, 0.4) is 0 Å². The maximum absolute atomic E-state index is 3.95. The van der Waals surface area contributed by atoms with Gasteiger partial charge in [0.15, 0.2) is 0 Å². The maximum Gasteiger partial charge on any atom is 0.0593 e. The molecule has 0 amide bonds. The van der Waals surface area contributed by atoms with Crippen LogP contribution in [0.1, 0.15) is 29.7 Å². The molecule has 2 rings (SSSR count). The molecule has 1 unspecified atom stereocenters. The van der Waals surface area contributed by atoms with Crippen molar-refractivity contribution >= 4 is 0 Å². The van der Waals surface area contributed by atoms with E-state index in [0.29, 0.717) is 0 Å². The van der Waals surface area contributed by atoms with Gasteiger partial charge in [0.1, 0.15) is 0 Å². The van der Waals surface area contributed by atoms with Gasteiger partial charge < -0.3 is 5.32 Å². The van der Waals surface area contributed by atoms with Crippen LogP contribution in [0.15, 0.2) is 42.7 Å². The zero-order valence-electron chi connectivity index (χ0n) is 10.2. The van der Waals surface area contributed by atoms with Gasteiger partial charge in [-0.05, 0) is 30.7 Å². The summed E-state index contributed by atoms with van der Waals surface area (Å²) in [4.78, 5) is 0. The van der Waals surface area contributed by atoms with Crippen LogP contribution in [0.4, 0.5) is 0 Å². The summed E-state index contributed by atoms with van der Waals surface area (Å²) in [5.74, 6) is 0. The average Bonchev–Trinajstić information content (AvgIpc) is 2.37. The van der Waals surface area contributed by atoms with Crippen molar-refractivity contribution in [3.05, 3.63) is 59.4 Å². The van der Waals surface area contributed by atoms with E-state index in [-0.39, 0.29) is 6.04 Å². The minimum absolute atomic E-state index is 0.190. The molecule has 0 aliphatic heterocycles. The van der Waals surface area contributed by atoms with Crippen LogP contribution in [0.2, 0.25) is 0 Å². The Bertz CT molecular complexity index is 468. The Morgan fingerprint density at radius 1 is 1.18 bits per heavy atom. The molecule has 0 radical (unpaired) electrons. The van der Waals surface area contributed by atoms with Crippen molar-refractivity contribution < 1.29 is 0 Å². The Hall–Kier alpha value is -1.74. The Kier molecular flexibility index (Phi) is 3.83. The monoisotopic (exact) mass is 227 g/mol. The molecule has 0 fully saturated rings. The third-order valence-electron chi connectivity index (χ3n) is 2.72. The average molecular weight is 227 g/mol. The highest BCUT2D eigenvalue weighted by molar-refractivity contribution is 5.32. The highest BCUT2D eigenvalue weighted by Crippen LogP contribution is 2.21. The van der Waals surface area contributed by atoms with Gasteiger partial charge in [-0.25, -0.2) is 0 Å². The van der Waals surface area contributed by atoms with Crippen LogP contribution in [0, 0.1) is 6.92 Å². The summed E-state index contributed by atoms with van der Waals surface area (Å²) in [5.41, 5.74) is 3.68. The molecule has 0 aliphatic rings. The van der Waals surface area contributed by atoms with E-state index in [0.717, 1.165) is 12.1 Å². The molecule has 3 heteroatoms. The number of aryl methyl sites for hydroxylation is 1. The quantitative estimate of drug-likeness (QED) is 0.872. The second-order valence-corrected chi connectivity index (χ2v) is 4.08. The second kappa shape index (κ2) is 5.55. The van der Waals surface area contributed by atoms with Crippen molar-refractivity contribution in [3.63, 3.8) is 0 Å². The number of nitrogens with zero attached hydrogens (tertiary/aromatic N) is 2. The van der Waals surface area contributed by atoms with Gasteiger partial charge in [0.2, 0.25) is 0 Å². The molecule has 17 heavy (non-hydrogen) atoms. The van der Waals surface area contributed by atoms with Crippen molar-refractivity contribution in [2.24, 2.45) is 0 Å². The Morgan fingerprint density at radius 3 is 2.71 bits per heavy atom. The molecule has 1 N–H and O–H groups in total. The number of hydrogen-bond acceptors (Lipinski definition) is 3. The van der Waals surface area contributed by atoms with Crippen LogP contribution in [-0.2, 0) is 0 Å². The smallest absolute Gasteiger partial charge is 0.0593 e. The Balaban J connectivity index is 2.35. The molecule has 3 nitrogen and oxygen atoms in total. The van der Waals surface area contributed by atoms with Crippen molar-refractivity contribution in [1.82, 2.24) is 15.5 Å². The van der Waals surface area contributed by atoms with Gasteiger partial charge in [0.25, 0.3) is 0 Å². The van der Waals surface area contributed by atoms with E-state index in [1.54, 1.807) is 6.20 Å². The second-order valence-electron chi connectivity index (χ2n) is 4.08. The minimum atomic E-state index is 0.190. The van der Waals surface area contributed by atoms with E-state index in [9.17, 15) is 0 Å². The highest BCUT2D eigenvalue weighted by Gasteiger charge is 2.12. The van der Waals surface area contributed by atoms with E-state index >= 15 is 0 Å². The van der Waals surface area contributed by atoms with Gasteiger partial charge >= 0.3 is 0 Å². The normalized spacial score (nSPS) is 12.4. The molecule has 0 saturated carbocycles. The molecule has 2 aromatic rings. The summed E-state index contributed by atoms with van der Waals surface area (Å²) >= 11 is 0. The molecule has 1 aromatic heterocycles. The van der Waals surface area contributed by atoms with E-state index < -0.39 is 0 Å². The molecule has 0 bridgehead atoms. The summed E-state index contributed by atoms with van der Waals surface area (Å²) < 4.78 is 0. The van der Waals surface area contributed by atoms with Gasteiger partial charge in [-0.2, -0.15) is 10.2 Å². The number of aromatic nitrogens is 2. The van der Waals surface area contributed by atoms with Crippen LogP contribution >= 0.6 is 0 Å². The number of hydrogen-bond donors (Lipinski definition) is 1. The third-order valence-corrected chi connectivity index (χ3v) is 2.72. The number of nitrogens with one attached hydrogen (secondary N) is 1. The zero-order valence-corrected chi connectivity index (χ0v) is 10.2. The first-order valence-electron chi connectivity index (χ1n) is 5.88. The van der Waals surface area contributed by atoms with Crippen LogP contribution in [0.25, 0.3) is 0 Å². The molecular formula is C14H17N3. The fourth-order valence-corrected chi connectivity index (χ4v) is 1.95. The lowest BCUT2D eigenvalue weighted by atomic mass is 9.99. The molecule has 1 atom stereocenters. The third kappa shape index (κ3) is 2.88. The van der Waals surface area contributed by atoms with Gasteiger partial charge in [-0.15, -0.1) is 0 Å². The molecule has 0 aliphatic carbocycles. The SMILES string of the molecule is CCNC(c1ccnnc1)c1cccc(C)c1. The van der Waals surface area contributed by atoms with Crippen LogP contribution in [0.5, 0.6) is 0 Å². The van der Waals surface area contributed by atoms with E-state index in [1.165, 1.54) is 11.1 Å². The van der Waals surface area contributed by atoms with Crippen molar-refractivity contribution in [1.29, 1.82) is 0 Å². The molecule has 1 aromatic carbocycles. The highest BCUT2D eigenvalue weighted by atomic mass is 15.1. The first-order chi connectivity index (χ1) is 8.31. The lowest BCUT2D eigenvalue weighted by Gasteiger charge is -2.18. The summed E-state index contributed by atoms with van der Waals surface area (Å²) in [6.45, 7) is 5.13. The Labute approximate surface area is 102 Å². The maximum atomic E-state index is 3.95. The van der Waals surface area contributed by atoms with Gasteiger partial charge in [0, 0.05) is 6.20 Å². The lowest BCUT2D eigenvalue weighted by Crippen LogP contribution is -2.22. The molecular weight excluding hydrogens is 210 g/mol. The number of benzene rings is 1. The summed E-state index contributed by atoms with van der Waals surface area (Å²) in [5, 5.41) is 11.2. The van der Waals surface area contributed by atoms with Gasteiger partial charge in [-0.1, -0.05) is 36.8 Å². The fraction of sp³-hybridized carbons (Fsp3) is 0.286. The van der Waals surface area contributed by atoms with E-state index in [4.69, 9.17) is 0 Å². The summed E-state index contributed by atoms with van der Waals surface area (Å²) in [6.07, 6.45) is 3.55. The van der Waals surface area contributed by atoms with Crippen LogP contribution < -0.4 is 5.32 Å². The molecule has 1 heterocycles. The predicted octanol–water partition coefficient (Wildman–Crippen LogP) is 2.48. The largest absolute Gasteiger partial charge is 0.306 e. The molecule has 0 spiro atoms. The lowest BCUT2D eigenvalue weighted by molar-refractivity contribution is 0.626. The standard InChI is InChI=1S/C14H17N3/c1-3-15-14(13-7-8-16-17-10-13)12-6-4-5-11(2)9-12/h4-10,14-15H,3H2,1-2H3. The van der Waals surface area contributed by atoms with E-state index in [2.05, 4.69) is 53.6 Å². The van der Waals surface area contributed by atoms with Crippen molar-refractivity contribution in [2.45, 2.75) is 19.9 Å². The van der Waals surface area contributed by atoms with Gasteiger partial charge in [-0.3, -0.25) is 0 Å². The summed E-state index contributed by atoms with van der Waals surface area (Å²) in [7, 11) is 0. The molecule has 0 saturated heterocycles. The van der Waals surface area contributed by atoms with Crippen molar-refractivity contribution in [3.8, 4) is 0 Å².